The Labute approximate surface area is 169 Å². The molecule has 8 nitrogen and oxygen atoms in total. The number of benzene rings is 1. The van der Waals surface area contributed by atoms with Gasteiger partial charge in [-0.05, 0) is 42.9 Å². The molecule has 3 aliphatic rings. The van der Waals surface area contributed by atoms with Gasteiger partial charge in [-0.15, -0.1) is 0 Å². The second-order valence-corrected chi connectivity index (χ2v) is 9.52. The molecule has 0 unspecified atom stereocenters. The van der Waals surface area contributed by atoms with E-state index in [-0.39, 0.29) is 22.7 Å². The van der Waals surface area contributed by atoms with E-state index < -0.39 is 22.5 Å². The van der Waals surface area contributed by atoms with Crippen LogP contribution >= 0.6 is 0 Å². The Bertz CT molecular complexity index is 923. The third-order valence-electron chi connectivity index (χ3n) is 5.65. The fraction of sp³-hybridized carbons (Fsp3) is 0.500. The number of hydrogen-bond donors (Lipinski definition) is 1. The van der Waals surface area contributed by atoms with Gasteiger partial charge in [-0.3, -0.25) is 9.59 Å². The highest BCUT2D eigenvalue weighted by Gasteiger charge is 2.40. The highest BCUT2D eigenvalue weighted by molar-refractivity contribution is 7.89. The molecule has 3 atom stereocenters. The van der Waals surface area contributed by atoms with Crippen molar-refractivity contribution in [1.29, 1.82) is 0 Å². The summed E-state index contributed by atoms with van der Waals surface area (Å²) in [6.07, 6.45) is 5.96. The lowest BCUT2D eigenvalue weighted by Gasteiger charge is -2.26. The summed E-state index contributed by atoms with van der Waals surface area (Å²) in [4.78, 5) is 24.5. The zero-order valence-corrected chi connectivity index (χ0v) is 16.8. The molecule has 1 N–H and O–H groups in total. The fourth-order valence-corrected chi connectivity index (χ4v) is 5.62. The monoisotopic (exact) mass is 420 g/mol. The van der Waals surface area contributed by atoms with Gasteiger partial charge in [-0.1, -0.05) is 18.2 Å². The van der Waals surface area contributed by atoms with Gasteiger partial charge in [0.05, 0.1) is 24.0 Å². The lowest BCUT2D eigenvalue weighted by Crippen LogP contribution is -2.40. The lowest BCUT2D eigenvalue weighted by atomic mass is 9.94. The number of carbonyl (C=O) groups excluding carboxylic acids is 2. The minimum absolute atomic E-state index is 0.1000. The van der Waals surface area contributed by atoms with Crippen LogP contribution in [-0.2, 0) is 29.1 Å². The van der Waals surface area contributed by atoms with E-state index in [1.807, 2.05) is 0 Å². The van der Waals surface area contributed by atoms with Crippen molar-refractivity contribution >= 4 is 27.6 Å². The second-order valence-electron chi connectivity index (χ2n) is 7.59. The molecular weight excluding hydrogens is 396 g/mol. The highest BCUT2D eigenvalue weighted by Crippen LogP contribution is 2.43. The number of anilines is 1. The van der Waals surface area contributed by atoms with E-state index in [4.69, 9.17) is 9.47 Å². The van der Waals surface area contributed by atoms with Crippen LogP contribution in [0.3, 0.4) is 0 Å². The number of fused-ring (bicyclic) bond motifs is 2. The molecule has 9 heteroatoms. The third-order valence-corrected chi connectivity index (χ3v) is 7.55. The molecule has 1 amide bonds. The lowest BCUT2D eigenvalue weighted by molar-refractivity contribution is -0.152. The molecule has 0 aromatic heterocycles. The van der Waals surface area contributed by atoms with E-state index in [1.165, 1.54) is 16.4 Å². The normalized spacial score (nSPS) is 26.4. The van der Waals surface area contributed by atoms with Crippen LogP contribution in [0.25, 0.3) is 0 Å². The predicted molar refractivity (Wildman–Crippen MR) is 104 cm³/mol. The van der Waals surface area contributed by atoms with E-state index in [0.29, 0.717) is 37.9 Å². The van der Waals surface area contributed by atoms with Gasteiger partial charge in [-0.2, -0.15) is 4.31 Å². The summed E-state index contributed by atoms with van der Waals surface area (Å²) in [6.45, 7) is 0.926. The first kappa shape index (κ1) is 20.1. The molecule has 4 rings (SSSR count). The molecule has 156 valence electrons. The largest absolute Gasteiger partial charge is 0.455 e. The van der Waals surface area contributed by atoms with Crippen LogP contribution < -0.4 is 5.32 Å². The Morgan fingerprint density at radius 3 is 2.66 bits per heavy atom. The number of nitrogens with zero attached hydrogens (tertiary/aromatic N) is 1. The van der Waals surface area contributed by atoms with Gasteiger partial charge in [0, 0.05) is 18.8 Å². The van der Waals surface area contributed by atoms with Gasteiger partial charge < -0.3 is 14.8 Å². The Balaban J connectivity index is 1.33. The predicted octanol–water partition coefficient (Wildman–Crippen LogP) is 1.40. The van der Waals surface area contributed by atoms with E-state index in [2.05, 4.69) is 17.5 Å². The van der Waals surface area contributed by atoms with Gasteiger partial charge in [0.15, 0.2) is 6.61 Å². The standard InChI is InChI=1S/C20H24N2O6S/c23-19(13-28-20(24)18-11-14-4-5-15(18)10-14)21-16-2-1-3-17(12-16)29(25,26)22-6-8-27-9-7-22/h1-5,12,14-15,18H,6-11,13H2,(H,21,23)/t14-,15+,18+/m1/s1. The van der Waals surface area contributed by atoms with Crippen molar-refractivity contribution in [2.24, 2.45) is 17.8 Å². The van der Waals surface area contributed by atoms with Gasteiger partial charge in [-0.25, -0.2) is 8.42 Å². The summed E-state index contributed by atoms with van der Waals surface area (Å²) in [5, 5.41) is 2.60. The molecule has 1 saturated carbocycles. The smallest absolute Gasteiger partial charge is 0.310 e. The first-order chi connectivity index (χ1) is 13.9. The molecule has 1 aromatic carbocycles. The van der Waals surface area contributed by atoms with E-state index in [1.54, 1.807) is 12.1 Å². The van der Waals surface area contributed by atoms with Crippen LogP contribution in [0.5, 0.6) is 0 Å². The van der Waals surface area contributed by atoms with Crippen LogP contribution in [-0.4, -0.2) is 57.5 Å². The minimum atomic E-state index is -3.65. The second kappa shape index (κ2) is 8.25. The fourth-order valence-electron chi connectivity index (χ4n) is 4.16. The number of carbonyl (C=O) groups is 2. The number of sulfonamides is 1. The number of esters is 1. The first-order valence-electron chi connectivity index (χ1n) is 9.76. The van der Waals surface area contributed by atoms with Crippen molar-refractivity contribution in [2.75, 3.05) is 38.2 Å². The van der Waals surface area contributed by atoms with Crippen LogP contribution in [0, 0.1) is 17.8 Å². The number of rotatable bonds is 6. The third kappa shape index (κ3) is 4.36. The highest BCUT2D eigenvalue weighted by atomic mass is 32.2. The van der Waals surface area contributed by atoms with Crippen molar-refractivity contribution in [3.05, 3.63) is 36.4 Å². The summed E-state index contributed by atoms with van der Waals surface area (Å²) in [6, 6.07) is 6.06. The number of morpholine rings is 1. The molecule has 2 bridgehead atoms. The molecule has 1 aromatic rings. The van der Waals surface area contributed by atoms with Crippen LogP contribution in [0.15, 0.2) is 41.3 Å². The number of ether oxygens (including phenoxy) is 2. The SMILES string of the molecule is O=C(COC(=O)[C@H]1C[C@@H]2C=C[C@H]1C2)Nc1cccc(S(=O)(=O)N2CCOCC2)c1. The maximum atomic E-state index is 12.7. The number of nitrogens with one attached hydrogen (secondary N) is 1. The summed E-state index contributed by atoms with van der Waals surface area (Å²) in [7, 11) is -3.65. The van der Waals surface area contributed by atoms with Crippen molar-refractivity contribution in [3.8, 4) is 0 Å². The molecule has 2 aliphatic carbocycles. The molecule has 2 fully saturated rings. The Morgan fingerprint density at radius 2 is 1.97 bits per heavy atom. The average Bonchev–Trinajstić information content (AvgIpc) is 3.37. The minimum Gasteiger partial charge on any atom is -0.455 e. The molecule has 29 heavy (non-hydrogen) atoms. The molecule has 1 heterocycles. The topological polar surface area (TPSA) is 102 Å². The van der Waals surface area contributed by atoms with E-state index in [9.17, 15) is 18.0 Å². The zero-order valence-electron chi connectivity index (χ0n) is 16.0. The molecule has 0 radical (unpaired) electrons. The maximum Gasteiger partial charge on any atom is 0.310 e. The molecular formula is C20H24N2O6S. The van der Waals surface area contributed by atoms with Crippen molar-refractivity contribution < 1.29 is 27.5 Å². The van der Waals surface area contributed by atoms with Gasteiger partial charge in [0.2, 0.25) is 10.0 Å². The Kier molecular flexibility index (Phi) is 5.71. The molecule has 0 spiro atoms. The van der Waals surface area contributed by atoms with E-state index in [0.717, 1.165) is 12.8 Å². The maximum absolute atomic E-state index is 12.7. The van der Waals surface area contributed by atoms with Crippen molar-refractivity contribution in [2.45, 2.75) is 17.7 Å². The van der Waals surface area contributed by atoms with Gasteiger partial charge in [0.1, 0.15) is 0 Å². The van der Waals surface area contributed by atoms with Crippen LogP contribution in [0.1, 0.15) is 12.8 Å². The van der Waals surface area contributed by atoms with Crippen LogP contribution in [0.4, 0.5) is 5.69 Å². The van der Waals surface area contributed by atoms with Crippen molar-refractivity contribution in [3.63, 3.8) is 0 Å². The quantitative estimate of drug-likeness (QED) is 0.551. The Hall–Kier alpha value is -2.23. The average molecular weight is 420 g/mol. The summed E-state index contributed by atoms with van der Waals surface area (Å²) in [5.41, 5.74) is 0.336. The zero-order chi connectivity index (χ0) is 20.4. The summed E-state index contributed by atoms with van der Waals surface area (Å²) in [5.74, 6) is -0.349. The van der Waals surface area contributed by atoms with Crippen molar-refractivity contribution in [1.82, 2.24) is 4.31 Å². The summed E-state index contributed by atoms with van der Waals surface area (Å²) < 4.78 is 37.2. The first-order valence-corrected chi connectivity index (χ1v) is 11.2. The number of allylic oxidation sites excluding steroid dienone is 2. The van der Waals surface area contributed by atoms with E-state index >= 15 is 0 Å². The number of hydrogen-bond acceptors (Lipinski definition) is 6. The van der Waals surface area contributed by atoms with Crippen LogP contribution in [0.2, 0.25) is 0 Å². The van der Waals surface area contributed by atoms with Gasteiger partial charge in [0.25, 0.3) is 5.91 Å². The molecule has 1 saturated heterocycles. The van der Waals surface area contributed by atoms with Gasteiger partial charge >= 0.3 is 5.97 Å². The summed E-state index contributed by atoms with van der Waals surface area (Å²) >= 11 is 0. The Morgan fingerprint density at radius 1 is 1.17 bits per heavy atom. The number of amides is 1. The molecule has 1 aliphatic heterocycles.